The molecule has 0 aliphatic carbocycles. The molecule has 1 aromatic carbocycles. The van der Waals surface area contributed by atoms with Crippen molar-refractivity contribution in [1.82, 2.24) is 9.80 Å². The van der Waals surface area contributed by atoms with Crippen LogP contribution in [0.15, 0.2) is 18.2 Å². The van der Waals surface area contributed by atoms with Gasteiger partial charge in [0.15, 0.2) is 5.75 Å². The van der Waals surface area contributed by atoms with E-state index in [4.69, 9.17) is 9.47 Å². The Balaban J connectivity index is 2.22. The van der Waals surface area contributed by atoms with Gasteiger partial charge in [-0.2, -0.15) is 0 Å². The summed E-state index contributed by atoms with van der Waals surface area (Å²) in [5, 5.41) is 2.88. The number of carbonyl (C=O) groups excluding carboxylic acids is 2. The number of carbonyl (C=O) groups is 2. The summed E-state index contributed by atoms with van der Waals surface area (Å²) in [7, 11) is 3.37. The Kier molecular flexibility index (Phi) is 6.64. The van der Waals surface area contributed by atoms with Crippen molar-refractivity contribution >= 4 is 17.7 Å². The minimum atomic E-state index is -0.497. The number of anilines is 1. The highest BCUT2D eigenvalue weighted by Crippen LogP contribution is 2.31. The molecule has 7 nitrogen and oxygen atoms in total. The van der Waals surface area contributed by atoms with Crippen LogP contribution in [0.1, 0.15) is 30.6 Å². The number of urea groups is 1. The number of methoxy groups -OCH3 is 1. The summed E-state index contributed by atoms with van der Waals surface area (Å²) in [4.78, 5) is 28.6. The summed E-state index contributed by atoms with van der Waals surface area (Å²) >= 11 is 0. The fraction of sp³-hybridized carbons (Fsp3) is 0.556. The lowest BCUT2D eigenvalue weighted by Crippen LogP contribution is -2.37. The number of para-hydroxylation sites is 1. The van der Waals surface area contributed by atoms with Gasteiger partial charge in [0.05, 0.1) is 18.9 Å². The second-order valence-corrected chi connectivity index (χ2v) is 6.41. The molecular formula is C18H27N3O4. The Bertz CT molecular complexity index is 618. The standard InChI is InChI=1S/C18H27N3O4/c1-13(2)25-16-14(17(22)24-4)7-5-8-15(16)19-18(23)21-10-6-9-20(3)11-12-21/h5,7-8,13H,6,9-12H2,1-4H3,(H,19,23). The predicted octanol–water partition coefficient (Wildman–Crippen LogP) is 2.43. The first-order valence-corrected chi connectivity index (χ1v) is 8.54. The van der Waals surface area contributed by atoms with Gasteiger partial charge in [0, 0.05) is 19.6 Å². The molecule has 1 fully saturated rings. The zero-order chi connectivity index (χ0) is 18.4. The van der Waals surface area contributed by atoms with Gasteiger partial charge < -0.3 is 24.6 Å². The lowest BCUT2D eigenvalue weighted by molar-refractivity contribution is 0.0594. The lowest BCUT2D eigenvalue weighted by atomic mass is 10.1. The zero-order valence-corrected chi connectivity index (χ0v) is 15.4. The van der Waals surface area contributed by atoms with Crippen LogP contribution in [0.4, 0.5) is 10.5 Å². The number of nitrogens with one attached hydrogen (secondary N) is 1. The first-order chi connectivity index (χ1) is 11.9. The van der Waals surface area contributed by atoms with Crippen LogP contribution in [0.5, 0.6) is 5.75 Å². The highest BCUT2D eigenvalue weighted by Gasteiger charge is 2.22. The van der Waals surface area contributed by atoms with Crippen LogP contribution in [0.3, 0.4) is 0 Å². The van der Waals surface area contributed by atoms with Gasteiger partial charge in [-0.25, -0.2) is 9.59 Å². The number of amides is 2. The van der Waals surface area contributed by atoms with E-state index < -0.39 is 5.97 Å². The smallest absolute Gasteiger partial charge is 0.341 e. The Morgan fingerprint density at radius 1 is 1.16 bits per heavy atom. The summed E-state index contributed by atoms with van der Waals surface area (Å²) in [5.74, 6) is -0.159. The van der Waals surface area contributed by atoms with Crippen molar-refractivity contribution in [2.75, 3.05) is 45.7 Å². The molecule has 1 heterocycles. The molecule has 0 saturated carbocycles. The first kappa shape index (κ1) is 19.1. The number of esters is 1. The summed E-state index contributed by atoms with van der Waals surface area (Å²) in [6.45, 7) is 6.91. The average Bonchev–Trinajstić information content (AvgIpc) is 2.80. The minimum absolute atomic E-state index is 0.145. The molecule has 2 rings (SSSR count). The van der Waals surface area contributed by atoms with E-state index in [2.05, 4.69) is 17.3 Å². The number of nitrogens with zero attached hydrogens (tertiary/aromatic N) is 2. The van der Waals surface area contributed by atoms with Crippen molar-refractivity contribution in [3.05, 3.63) is 23.8 Å². The van der Waals surface area contributed by atoms with Gasteiger partial charge in [0.25, 0.3) is 0 Å². The quantitative estimate of drug-likeness (QED) is 0.846. The molecule has 2 amide bonds. The van der Waals surface area contributed by atoms with Gasteiger partial charge in [0.1, 0.15) is 5.56 Å². The Morgan fingerprint density at radius 2 is 1.92 bits per heavy atom. The molecule has 0 radical (unpaired) electrons. The number of rotatable bonds is 4. The zero-order valence-electron chi connectivity index (χ0n) is 15.4. The largest absolute Gasteiger partial charge is 0.488 e. The first-order valence-electron chi connectivity index (χ1n) is 8.54. The third kappa shape index (κ3) is 5.09. The minimum Gasteiger partial charge on any atom is -0.488 e. The molecule has 1 N–H and O–H groups in total. The van der Waals surface area contributed by atoms with Gasteiger partial charge in [-0.05, 0) is 46.0 Å². The number of ether oxygens (including phenoxy) is 2. The van der Waals surface area contributed by atoms with E-state index in [0.29, 0.717) is 30.1 Å². The van der Waals surface area contributed by atoms with Crippen LogP contribution in [0.25, 0.3) is 0 Å². The summed E-state index contributed by atoms with van der Waals surface area (Å²) in [6.07, 6.45) is 0.787. The predicted molar refractivity (Wildman–Crippen MR) is 96.3 cm³/mol. The summed E-state index contributed by atoms with van der Waals surface area (Å²) < 4.78 is 10.6. The van der Waals surface area contributed by atoms with Gasteiger partial charge >= 0.3 is 12.0 Å². The Hall–Kier alpha value is -2.28. The maximum absolute atomic E-state index is 12.6. The number of hydrogen-bond acceptors (Lipinski definition) is 5. The molecule has 1 aliphatic rings. The van der Waals surface area contributed by atoms with Crippen molar-refractivity contribution in [2.45, 2.75) is 26.4 Å². The molecule has 1 aliphatic heterocycles. The number of hydrogen-bond donors (Lipinski definition) is 1. The Morgan fingerprint density at radius 3 is 2.60 bits per heavy atom. The average molecular weight is 349 g/mol. The number of likely N-dealkylation sites (N-methyl/N-ethyl adjacent to an activating group) is 1. The molecule has 0 unspecified atom stereocenters. The lowest BCUT2D eigenvalue weighted by Gasteiger charge is -2.23. The molecule has 0 atom stereocenters. The van der Waals surface area contributed by atoms with Crippen molar-refractivity contribution in [2.24, 2.45) is 0 Å². The van der Waals surface area contributed by atoms with Gasteiger partial charge in [-0.3, -0.25) is 0 Å². The van der Waals surface area contributed by atoms with E-state index in [0.717, 1.165) is 19.5 Å². The van der Waals surface area contributed by atoms with E-state index in [1.54, 1.807) is 23.1 Å². The van der Waals surface area contributed by atoms with Gasteiger partial charge in [0.2, 0.25) is 0 Å². The molecule has 7 heteroatoms. The van der Waals surface area contributed by atoms with E-state index in [9.17, 15) is 9.59 Å². The van der Waals surface area contributed by atoms with Crippen LogP contribution in [-0.4, -0.2) is 68.2 Å². The van der Waals surface area contributed by atoms with Crippen molar-refractivity contribution in [3.63, 3.8) is 0 Å². The van der Waals surface area contributed by atoms with E-state index in [-0.39, 0.29) is 12.1 Å². The van der Waals surface area contributed by atoms with Crippen LogP contribution in [0, 0.1) is 0 Å². The van der Waals surface area contributed by atoms with E-state index in [1.165, 1.54) is 7.11 Å². The molecule has 0 aromatic heterocycles. The highest BCUT2D eigenvalue weighted by atomic mass is 16.5. The summed E-state index contributed by atoms with van der Waals surface area (Å²) in [6, 6.07) is 4.86. The van der Waals surface area contributed by atoms with Gasteiger partial charge in [-0.15, -0.1) is 0 Å². The summed E-state index contributed by atoms with van der Waals surface area (Å²) in [5.41, 5.74) is 0.767. The van der Waals surface area contributed by atoms with E-state index >= 15 is 0 Å². The fourth-order valence-corrected chi connectivity index (χ4v) is 2.71. The second-order valence-electron chi connectivity index (χ2n) is 6.41. The fourth-order valence-electron chi connectivity index (χ4n) is 2.71. The maximum Gasteiger partial charge on any atom is 0.341 e. The molecule has 1 aromatic rings. The molecule has 1 saturated heterocycles. The highest BCUT2D eigenvalue weighted by molar-refractivity contribution is 5.98. The number of benzene rings is 1. The Labute approximate surface area is 148 Å². The maximum atomic E-state index is 12.6. The van der Waals surface area contributed by atoms with E-state index in [1.807, 2.05) is 13.8 Å². The molecule has 25 heavy (non-hydrogen) atoms. The van der Waals surface area contributed by atoms with Crippen LogP contribution in [-0.2, 0) is 4.74 Å². The SMILES string of the molecule is COC(=O)c1cccc(NC(=O)N2CCCN(C)CC2)c1OC(C)C. The van der Waals surface area contributed by atoms with Gasteiger partial charge in [-0.1, -0.05) is 6.07 Å². The van der Waals surface area contributed by atoms with Crippen molar-refractivity contribution in [1.29, 1.82) is 0 Å². The van der Waals surface area contributed by atoms with Crippen LogP contribution in [0.2, 0.25) is 0 Å². The molecule has 138 valence electrons. The topological polar surface area (TPSA) is 71.1 Å². The third-order valence-electron chi connectivity index (χ3n) is 4.02. The second kappa shape index (κ2) is 8.71. The normalized spacial score (nSPS) is 15.6. The molecule has 0 bridgehead atoms. The molecular weight excluding hydrogens is 322 g/mol. The van der Waals surface area contributed by atoms with Crippen LogP contribution >= 0.6 is 0 Å². The van der Waals surface area contributed by atoms with Crippen LogP contribution < -0.4 is 10.1 Å². The molecule has 0 spiro atoms. The third-order valence-corrected chi connectivity index (χ3v) is 4.02. The van der Waals surface area contributed by atoms with Crippen molar-refractivity contribution in [3.8, 4) is 5.75 Å². The monoisotopic (exact) mass is 349 g/mol. The van der Waals surface area contributed by atoms with Crippen molar-refractivity contribution < 1.29 is 19.1 Å².